The van der Waals surface area contributed by atoms with E-state index in [-0.39, 0.29) is 41.1 Å². The molecule has 7 nitrogen and oxygen atoms in total. The Kier molecular flexibility index (Phi) is 6.66. The van der Waals surface area contributed by atoms with Gasteiger partial charge in [-0.2, -0.15) is 0 Å². The summed E-state index contributed by atoms with van der Waals surface area (Å²) in [4.78, 5) is 59.5. The normalized spacial score (nSPS) is 28.4. The molecule has 6 unspecified atom stereocenters. The van der Waals surface area contributed by atoms with Gasteiger partial charge in [-0.3, -0.25) is 24.1 Å². The predicted octanol–water partition coefficient (Wildman–Crippen LogP) is 7.43. The lowest BCUT2D eigenvalue weighted by Gasteiger charge is -2.49. The summed E-state index contributed by atoms with van der Waals surface area (Å²) in [5.41, 5.74) is 0.387. The van der Waals surface area contributed by atoms with E-state index < -0.39 is 52.6 Å². The zero-order valence-electron chi connectivity index (χ0n) is 25.0. The molecule has 4 aromatic rings. The van der Waals surface area contributed by atoms with Crippen LogP contribution in [0.5, 0.6) is 5.75 Å². The summed E-state index contributed by atoms with van der Waals surface area (Å²) in [6.07, 6.45) is 2.33. The third kappa shape index (κ3) is 4.10. The molecule has 8 rings (SSSR count). The van der Waals surface area contributed by atoms with Gasteiger partial charge in [-0.25, -0.2) is 9.29 Å². The number of phenols is 1. The van der Waals surface area contributed by atoms with Crippen molar-refractivity contribution in [2.75, 3.05) is 9.80 Å². The van der Waals surface area contributed by atoms with Crippen LogP contribution >= 0.6 is 23.2 Å². The van der Waals surface area contributed by atoms with Crippen LogP contribution in [-0.2, 0) is 19.2 Å². The van der Waals surface area contributed by atoms with Crippen molar-refractivity contribution in [3.8, 4) is 5.75 Å². The number of fused-ring (bicyclic) bond motifs is 5. The number of allylic oxidation sites excluding steroid dienone is 2. The average Bonchev–Trinajstić information content (AvgIpc) is 3.43. The number of carbonyl (C=O) groups is 4. The first-order chi connectivity index (χ1) is 22.5. The summed E-state index contributed by atoms with van der Waals surface area (Å²) in [6, 6.07) is 21.1. The minimum atomic E-state index is -1.39. The standard InChI is InChI=1S/C37H27Cl2FN2O5/c1-37-26(34(45)42(36(37)47)21-11-14-28(40)27(39)16-21)17-25-23(32(37)31-22-5-3-2-4-18(22)6-15-29(31)43)12-13-24-30(25)35(46)41(33(24)44)20-9-7-19(38)8-10-20/h2-12,14-16,24-26,30,32,43H,13,17H2,1H3. The van der Waals surface area contributed by atoms with Crippen LogP contribution in [0.25, 0.3) is 10.8 Å². The molecule has 4 aromatic carbocycles. The van der Waals surface area contributed by atoms with Crippen LogP contribution in [-0.4, -0.2) is 28.7 Å². The number of carbonyl (C=O) groups excluding carboxylic acids is 4. The van der Waals surface area contributed by atoms with Gasteiger partial charge in [0.25, 0.3) is 0 Å². The van der Waals surface area contributed by atoms with Crippen molar-refractivity contribution in [3.05, 3.63) is 112 Å². The Hall–Kier alpha value is -4.53. The highest BCUT2D eigenvalue weighted by atomic mass is 35.5. The number of halogens is 3. The van der Waals surface area contributed by atoms with E-state index in [1.165, 1.54) is 17.0 Å². The van der Waals surface area contributed by atoms with Gasteiger partial charge in [0.05, 0.1) is 39.6 Å². The molecule has 0 radical (unpaired) electrons. The number of nitrogens with zero attached hydrogens (tertiary/aromatic N) is 2. The number of hydrogen-bond acceptors (Lipinski definition) is 5. The van der Waals surface area contributed by atoms with E-state index >= 15 is 0 Å². The zero-order valence-corrected chi connectivity index (χ0v) is 26.5. The van der Waals surface area contributed by atoms with E-state index in [2.05, 4.69) is 0 Å². The fourth-order valence-electron chi connectivity index (χ4n) is 8.63. The van der Waals surface area contributed by atoms with Gasteiger partial charge in [0.2, 0.25) is 23.6 Å². The average molecular weight is 670 g/mol. The maximum atomic E-state index is 14.7. The van der Waals surface area contributed by atoms with Crippen molar-refractivity contribution in [2.24, 2.45) is 29.1 Å². The monoisotopic (exact) mass is 668 g/mol. The lowest BCUT2D eigenvalue weighted by Crippen LogP contribution is -2.49. The molecule has 0 aromatic heterocycles. The largest absolute Gasteiger partial charge is 0.508 e. The summed E-state index contributed by atoms with van der Waals surface area (Å²) in [7, 11) is 0. The van der Waals surface area contributed by atoms with E-state index in [9.17, 15) is 28.7 Å². The molecular formula is C37H27Cl2FN2O5. The molecule has 6 atom stereocenters. The molecule has 0 spiro atoms. The van der Waals surface area contributed by atoms with E-state index in [0.29, 0.717) is 21.7 Å². The van der Waals surface area contributed by atoms with E-state index in [0.717, 1.165) is 21.9 Å². The predicted molar refractivity (Wildman–Crippen MR) is 176 cm³/mol. The quantitative estimate of drug-likeness (QED) is 0.181. The second-order valence-electron chi connectivity index (χ2n) is 13.0. The molecule has 1 saturated carbocycles. The fraction of sp³-hybridized carbons (Fsp3) is 0.243. The van der Waals surface area contributed by atoms with Crippen molar-refractivity contribution < 1.29 is 28.7 Å². The van der Waals surface area contributed by atoms with Gasteiger partial charge in [0.15, 0.2) is 0 Å². The van der Waals surface area contributed by atoms with Crippen molar-refractivity contribution >= 4 is 69.0 Å². The first-order valence-electron chi connectivity index (χ1n) is 15.4. The number of anilines is 2. The van der Waals surface area contributed by atoms with Crippen LogP contribution in [0.4, 0.5) is 15.8 Å². The number of rotatable bonds is 3. The van der Waals surface area contributed by atoms with E-state index in [1.807, 2.05) is 30.3 Å². The first kappa shape index (κ1) is 29.8. The van der Waals surface area contributed by atoms with Crippen LogP contribution < -0.4 is 9.80 Å². The van der Waals surface area contributed by atoms with Gasteiger partial charge in [-0.15, -0.1) is 0 Å². The maximum Gasteiger partial charge on any atom is 0.241 e. The lowest BCUT2D eigenvalue weighted by atomic mass is 9.51. The van der Waals surface area contributed by atoms with Crippen LogP contribution in [0, 0.1) is 34.9 Å². The molecule has 2 heterocycles. The zero-order chi connectivity index (χ0) is 32.9. The van der Waals surface area contributed by atoms with Crippen LogP contribution in [0.15, 0.2) is 90.5 Å². The summed E-state index contributed by atoms with van der Waals surface area (Å²) >= 11 is 12.2. The summed E-state index contributed by atoms with van der Waals surface area (Å²) in [6.45, 7) is 1.74. The molecule has 10 heteroatoms. The van der Waals surface area contributed by atoms with Crippen LogP contribution in [0.3, 0.4) is 0 Å². The third-order valence-electron chi connectivity index (χ3n) is 10.8. The fourth-order valence-corrected chi connectivity index (χ4v) is 8.93. The molecule has 0 bridgehead atoms. The molecule has 236 valence electrons. The van der Waals surface area contributed by atoms with E-state index in [1.54, 1.807) is 43.3 Å². The highest BCUT2D eigenvalue weighted by Gasteiger charge is 2.68. The van der Waals surface area contributed by atoms with Gasteiger partial charge >= 0.3 is 0 Å². The molecular weight excluding hydrogens is 642 g/mol. The minimum absolute atomic E-state index is 0.0440. The molecule has 2 saturated heterocycles. The van der Waals surface area contributed by atoms with Crippen LogP contribution in [0.1, 0.15) is 31.2 Å². The number of benzene rings is 4. The third-order valence-corrected chi connectivity index (χ3v) is 11.3. The van der Waals surface area contributed by atoms with Gasteiger partial charge in [-0.1, -0.05) is 65.2 Å². The first-order valence-corrected chi connectivity index (χ1v) is 16.1. The molecule has 4 amide bonds. The number of phenolic OH excluding ortho intramolecular Hbond substituents is 1. The molecule has 3 fully saturated rings. The Balaban J connectivity index is 1.32. The SMILES string of the molecule is CC12C(=O)N(c3ccc(F)c(Cl)c3)C(=O)C1CC1C(=CCC3C(=O)N(c4ccc(Cl)cc4)C(=O)C31)C2c1c(O)ccc2ccccc12. The maximum absolute atomic E-state index is 14.7. The lowest BCUT2D eigenvalue weighted by molar-refractivity contribution is -0.131. The Bertz CT molecular complexity index is 2100. The molecule has 4 aliphatic rings. The Morgan fingerprint density at radius 3 is 2.30 bits per heavy atom. The highest BCUT2D eigenvalue weighted by Crippen LogP contribution is 2.65. The Morgan fingerprint density at radius 1 is 0.830 bits per heavy atom. The smallest absolute Gasteiger partial charge is 0.241 e. The van der Waals surface area contributed by atoms with Crippen molar-refractivity contribution in [3.63, 3.8) is 0 Å². The molecule has 1 N–H and O–H groups in total. The minimum Gasteiger partial charge on any atom is -0.508 e. The summed E-state index contributed by atoms with van der Waals surface area (Å²) in [5.74, 6) is -6.18. The Morgan fingerprint density at radius 2 is 1.55 bits per heavy atom. The molecule has 2 aliphatic carbocycles. The van der Waals surface area contributed by atoms with E-state index in [4.69, 9.17) is 23.2 Å². The topological polar surface area (TPSA) is 95.0 Å². The summed E-state index contributed by atoms with van der Waals surface area (Å²) in [5, 5.41) is 13.3. The highest BCUT2D eigenvalue weighted by molar-refractivity contribution is 6.32. The van der Waals surface area contributed by atoms with Crippen molar-refractivity contribution in [1.29, 1.82) is 0 Å². The van der Waals surface area contributed by atoms with Gasteiger partial charge in [0.1, 0.15) is 11.6 Å². The van der Waals surface area contributed by atoms with Gasteiger partial charge in [-0.05, 0) is 85.0 Å². The molecule has 2 aliphatic heterocycles. The second-order valence-corrected chi connectivity index (χ2v) is 13.8. The van der Waals surface area contributed by atoms with Gasteiger partial charge < -0.3 is 5.11 Å². The Labute approximate surface area is 279 Å². The number of amides is 4. The number of aromatic hydroxyl groups is 1. The summed E-state index contributed by atoms with van der Waals surface area (Å²) < 4.78 is 14.2. The number of hydrogen-bond donors (Lipinski definition) is 1. The number of imide groups is 2. The molecule has 47 heavy (non-hydrogen) atoms. The van der Waals surface area contributed by atoms with Crippen molar-refractivity contribution in [2.45, 2.75) is 25.7 Å². The van der Waals surface area contributed by atoms with Crippen LogP contribution in [0.2, 0.25) is 10.0 Å². The van der Waals surface area contributed by atoms with Crippen molar-refractivity contribution in [1.82, 2.24) is 0 Å². The van der Waals surface area contributed by atoms with Gasteiger partial charge in [0, 0.05) is 16.5 Å². The second kappa shape index (κ2) is 10.5.